The van der Waals surface area contributed by atoms with Gasteiger partial charge >= 0.3 is 0 Å². The number of rotatable bonds is 3. The number of benzene rings is 1. The number of hydrogen-bond acceptors (Lipinski definition) is 3. The molecule has 0 bridgehead atoms. The van der Waals surface area contributed by atoms with Crippen LogP contribution in [0.3, 0.4) is 0 Å². The quantitative estimate of drug-likeness (QED) is 0.907. The highest BCUT2D eigenvalue weighted by Gasteiger charge is 2.29. The molecule has 1 amide bonds. The Morgan fingerprint density at radius 1 is 1.33 bits per heavy atom. The second kappa shape index (κ2) is 5.10. The molecule has 0 aliphatic carbocycles. The van der Waals surface area contributed by atoms with Gasteiger partial charge < -0.3 is 5.32 Å². The molecule has 1 saturated heterocycles. The lowest BCUT2D eigenvalue weighted by molar-refractivity contribution is -0.116. The van der Waals surface area contributed by atoms with Crippen LogP contribution in [0.1, 0.15) is 18.4 Å². The maximum absolute atomic E-state index is 11.8. The van der Waals surface area contributed by atoms with Crippen LogP contribution in [0.25, 0.3) is 0 Å². The van der Waals surface area contributed by atoms with Crippen LogP contribution in [0.2, 0.25) is 0 Å². The molecule has 4 nitrogen and oxygen atoms in total. The fraction of sp³-hybridized carbons (Fsp3) is 0.462. The summed E-state index contributed by atoms with van der Waals surface area (Å²) in [5.41, 5.74) is 1.89. The minimum Gasteiger partial charge on any atom is -0.326 e. The fourth-order valence-corrected chi connectivity index (χ4v) is 4.01. The van der Waals surface area contributed by atoms with Crippen molar-refractivity contribution in [3.8, 4) is 0 Å². The zero-order valence-corrected chi connectivity index (χ0v) is 11.2. The van der Waals surface area contributed by atoms with Crippen LogP contribution in [-0.4, -0.2) is 25.8 Å². The average molecular weight is 267 g/mol. The van der Waals surface area contributed by atoms with Crippen molar-refractivity contribution in [2.45, 2.75) is 19.8 Å². The molecule has 18 heavy (non-hydrogen) atoms. The van der Waals surface area contributed by atoms with Gasteiger partial charge in [-0.05, 0) is 31.4 Å². The molecular formula is C13H17NO3S. The lowest BCUT2D eigenvalue weighted by atomic mass is 10.0. The summed E-state index contributed by atoms with van der Waals surface area (Å²) in [5.74, 6) is 0.227. The molecule has 0 radical (unpaired) electrons. The summed E-state index contributed by atoms with van der Waals surface area (Å²) in [4.78, 5) is 11.8. The van der Waals surface area contributed by atoms with Crippen molar-refractivity contribution in [3.05, 3.63) is 29.8 Å². The number of anilines is 1. The summed E-state index contributed by atoms with van der Waals surface area (Å²) in [6.45, 7) is 1.98. The lowest BCUT2D eigenvalue weighted by Crippen LogP contribution is -2.17. The van der Waals surface area contributed by atoms with E-state index in [0.717, 1.165) is 11.3 Å². The first-order valence-corrected chi connectivity index (χ1v) is 7.84. The van der Waals surface area contributed by atoms with E-state index in [2.05, 4.69) is 5.32 Å². The van der Waals surface area contributed by atoms with Gasteiger partial charge in [-0.2, -0.15) is 0 Å². The van der Waals surface area contributed by atoms with Crippen molar-refractivity contribution in [2.75, 3.05) is 16.8 Å². The highest BCUT2D eigenvalue weighted by atomic mass is 32.2. The average Bonchev–Trinajstić information content (AvgIpc) is 2.61. The zero-order valence-electron chi connectivity index (χ0n) is 10.3. The first-order valence-electron chi connectivity index (χ1n) is 6.01. The van der Waals surface area contributed by atoms with E-state index >= 15 is 0 Å². The Bertz CT molecular complexity index is 534. The Morgan fingerprint density at radius 3 is 2.56 bits per heavy atom. The largest absolute Gasteiger partial charge is 0.326 e. The van der Waals surface area contributed by atoms with Crippen LogP contribution in [0.4, 0.5) is 5.69 Å². The number of hydrogen-bond donors (Lipinski definition) is 1. The van der Waals surface area contributed by atoms with Gasteiger partial charge in [-0.25, -0.2) is 8.42 Å². The van der Waals surface area contributed by atoms with Crippen molar-refractivity contribution >= 4 is 21.4 Å². The molecule has 1 heterocycles. The summed E-state index contributed by atoms with van der Waals surface area (Å²) in [6, 6.07) is 7.54. The number of aryl methyl sites for hydroxylation is 1. The summed E-state index contributed by atoms with van der Waals surface area (Å²) in [5, 5.41) is 2.79. The first kappa shape index (κ1) is 13.1. The molecule has 1 aromatic carbocycles. The van der Waals surface area contributed by atoms with Gasteiger partial charge in [-0.1, -0.05) is 17.7 Å². The van der Waals surface area contributed by atoms with Crippen LogP contribution in [0.5, 0.6) is 0 Å². The minimum absolute atomic E-state index is 0.0274. The van der Waals surface area contributed by atoms with Gasteiger partial charge in [0.1, 0.15) is 0 Å². The van der Waals surface area contributed by atoms with Crippen LogP contribution < -0.4 is 5.32 Å². The molecule has 1 N–H and O–H groups in total. The van der Waals surface area contributed by atoms with Crippen LogP contribution >= 0.6 is 0 Å². The Kier molecular flexibility index (Phi) is 3.71. The summed E-state index contributed by atoms with van der Waals surface area (Å²) in [6.07, 6.45) is 0.886. The van der Waals surface area contributed by atoms with Gasteiger partial charge in [0, 0.05) is 12.1 Å². The normalized spacial score (nSPS) is 21.7. The third-order valence-electron chi connectivity index (χ3n) is 3.14. The number of carbonyl (C=O) groups is 1. The van der Waals surface area contributed by atoms with E-state index in [1.807, 2.05) is 31.2 Å². The van der Waals surface area contributed by atoms with E-state index in [-0.39, 0.29) is 29.8 Å². The van der Waals surface area contributed by atoms with Crippen LogP contribution in [-0.2, 0) is 14.6 Å². The molecule has 98 valence electrons. The van der Waals surface area contributed by atoms with E-state index in [9.17, 15) is 13.2 Å². The smallest absolute Gasteiger partial charge is 0.224 e. The van der Waals surface area contributed by atoms with Gasteiger partial charge in [-0.3, -0.25) is 4.79 Å². The fourth-order valence-electron chi connectivity index (χ4n) is 2.14. The van der Waals surface area contributed by atoms with Crippen molar-refractivity contribution in [1.82, 2.24) is 0 Å². The van der Waals surface area contributed by atoms with E-state index in [1.165, 1.54) is 0 Å². The molecule has 1 atom stereocenters. The maximum Gasteiger partial charge on any atom is 0.224 e. The Labute approximate surface area is 107 Å². The monoisotopic (exact) mass is 267 g/mol. The SMILES string of the molecule is Cc1ccc(NC(=O)CC2CCS(=O)(=O)C2)cc1. The Hall–Kier alpha value is -1.36. The molecule has 1 aliphatic heterocycles. The molecule has 1 aliphatic rings. The number of amides is 1. The topological polar surface area (TPSA) is 63.2 Å². The van der Waals surface area contributed by atoms with Gasteiger partial charge in [0.15, 0.2) is 9.84 Å². The molecule has 0 aromatic heterocycles. The van der Waals surface area contributed by atoms with Crippen molar-refractivity contribution in [3.63, 3.8) is 0 Å². The van der Waals surface area contributed by atoms with E-state index < -0.39 is 9.84 Å². The molecule has 5 heteroatoms. The zero-order chi connectivity index (χ0) is 13.2. The Balaban J connectivity index is 1.88. The number of nitrogens with one attached hydrogen (secondary N) is 1. The third-order valence-corrected chi connectivity index (χ3v) is 4.97. The van der Waals surface area contributed by atoms with Crippen molar-refractivity contribution in [1.29, 1.82) is 0 Å². The summed E-state index contributed by atoms with van der Waals surface area (Å²) < 4.78 is 22.6. The predicted molar refractivity (Wildman–Crippen MR) is 71.2 cm³/mol. The van der Waals surface area contributed by atoms with Crippen LogP contribution in [0, 0.1) is 12.8 Å². The van der Waals surface area contributed by atoms with Gasteiger partial charge in [0.2, 0.25) is 5.91 Å². The highest BCUT2D eigenvalue weighted by molar-refractivity contribution is 7.91. The lowest BCUT2D eigenvalue weighted by Gasteiger charge is -2.08. The molecule has 2 rings (SSSR count). The third kappa shape index (κ3) is 3.57. The van der Waals surface area contributed by atoms with Crippen molar-refractivity contribution in [2.24, 2.45) is 5.92 Å². The number of sulfone groups is 1. The maximum atomic E-state index is 11.8. The molecular weight excluding hydrogens is 250 g/mol. The molecule has 1 fully saturated rings. The summed E-state index contributed by atoms with van der Waals surface area (Å²) >= 11 is 0. The van der Waals surface area contributed by atoms with E-state index in [1.54, 1.807) is 0 Å². The standard InChI is InChI=1S/C13H17NO3S/c1-10-2-4-12(5-3-10)14-13(15)8-11-6-7-18(16,17)9-11/h2-5,11H,6-9H2,1H3,(H,14,15). The first-order chi connectivity index (χ1) is 8.44. The van der Waals surface area contributed by atoms with Crippen LogP contribution in [0.15, 0.2) is 24.3 Å². The highest BCUT2D eigenvalue weighted by Crippen LogP contribution is 2.22. The molecule has 1 aromatic rings. The predicted octanol–water partition coefficient (Wildman–Crippen LogP) is 1.76. The molecule has 0 spiro atoms. The Morgan fingerprint density at radius 2 is 2.00 bits per heavy atom. The van der Waals surface area contributed by atoms with E-state index in [0.29, 0.717) is 6.42 Å². The molecule has 1 unspecified atom stereocenters. The second-order valence-corrected chi connectivity index (χ2v) is 7.12. The van der Waals surface area contributed by atoms with Crippen molar-refractivity contribution < 1.29 is 13.2 Å². The van der Waals surface area contributed by atoms with E-state index in [4.69, 9.17) is 0 Å². The number of carbonyl (C=O) groups excluding carboxylic acids is 1. The molecule has 0 saturated carbocycles. The van der Waals surface area contributed by atoms with Gasteiger partial charge in [0.05, 0.1) is 11.5 Å². The van der Waals surface area contributed by atoms with Gasteiger partial charge in [0.25, 0.3) is 0 Å². The summed E-state index contributed by atoms with van der Waals surface area (Å²) in [7, 11) is -2.90. The van der Waals surface area contributed by atoms with Gasteiger partial charge in [-0.15, -0.1) is 0 Å². The minimum atomic E-state index is -2.90. The second-order valence-electron chi connectivity index (χ2n) is 4.89.